The molecule has 1 aromatic rings. The Labute approximate surface area is 92.2 Å². The first-order chi connectivity index (χ1) is 7.61. The highest BCUT2D eigenvalue weighted by molar-refractivity contribution is 5.93. The molecule has 0 radical (unpaired) electrons. The number of amides is 1. The first-order valence-electron chi connectivity index (χ1n) is 4.53. The van der Waals surface area contributed by atoms with Gasteiger partial charge in [0.15, 0.2) is 6.61 Å². The van der Waals surface area contributed by atoms with E-state index in [-0.39, 0.29) is 6.61 Å². The van der Waals surface area contributed by atoms with Gasteiger partial charge in [-0.05, 0) is 18.2 Å². The second kappa shape index (κ2) is 5.72. The van der Waals surface area contributed by atoms with Crippen molar-refractivity contribution in [3.05, 3.63) is 29.5 Å². The van der Waals surface area contributed by atoms with Gasteiger partial charge < -0.3 is 20.7 Å². The molecule has 0 saturated carbocycles. The van der Waals surface area contributed by atoms with E-state index in [1.165, 1.54) is 13.0 Å². The van der Waals surface area contributed by atoms with Crippen LogP contribution in [0.5, 0.6) is 0 Å². The number of nitrogens with one attached hydrogen (secondary N) is 2. The van der Waals surface area contributed by atoms with Gasteiger partial charge in [0, 0.05) is 18.3 Å². The summed E-state index contributed by atoms with van der Waals surface area (Å²) in [5.74, 6) is -0.983. The van der Waals surface area contributed by atoms with Crippen LogP contribution in [0.2, 0.25) is 0 Å². The second-order valence-electron chi connectivity index (χ2n) is 3.01. The summed E-state index contributed by atoms with van der Waals surface area (Å²) >= 11 is 0. The van der Waals surface area contributed by atoms with E-state index in [0.717, 1.165) is 0 Å². The van der Waals surface area contributed by atoms with Crippen molar-refractivity contribution in [1.82, 2.24) is 0 Å². The van der Waals surface area contributed by atoms with Gasteiger partial charge in [0.05, 0.1) is 0 Å². The normalized spacial score (nSPS) is 9.38. The lowest BCUT2D eigenvalue weighted by Crippen LogP contribution is -2.19. The van der Waals surface area contributed by atoms with E-state index in [9.17, 15) is 14.8 Å². The molecule has 16 heavy (non-hydrogen) atoms. The summed E-state index contributed by atoms with van der Waals surface area (Å²) in [6.45, 7) is 0.875. The summed E-state index contributed by atoms with van der Waals surface area (Å²) in [5.41, 5.74) is 2.50. The standard InChI is InChI=1S/C10H11N2O4/c1-7(13)16-6-10(14)11-8-3-2-4-9(5-8)12-15/h2-5,12H,6H2,1H3,(H,11,14)/q-1. The predicted octanol–water partition coefficient (Wildman–Crippen LogP) is 1.10. The van der Waals surface area contributed by atoms with Gasteiger partial charge in [-0.25, -0.2) is 0 Å². The van der Waals surface area contributed by atoms with Crippen LogP contribution in [0.3, 0.4) is 0 Å². The van der Waals surface area contributed by atoms with Gasteiger partial charge in [0.1, 0.15) is 0 Å². The van der Waals surface area contributed by atoms with Crippen molar-refractivity contribution < 1.29 is 14.3 Å². The summed E-state index contributed by atoms with van der Waals surface area (Å²) in [4.78, 5) is 21.7. The van der Waals surface area contributed by atoms with E-state index in [4.69, 9.17) is 0 Å². The van der Waals surface area contributed by atoms with E-state index < -0.39 is 11.9 Å². The Kier molecular flexibility index (Phi) is 4.28. The van der Waals surface area contributed by atoms with Crippen molar-refractivity contribution in [3.8, 4) is 0 Å². The Morgan fingerprint density at radius 2 is 2.06 bits per heavy atom. The SMILES string of the molecule is CC(=O)OCC(=O)Nc1cccc(N[O-])c1. The molecule has 0 atom stereocenters. The maximum atomic E-state index is 11.2. The molecule has 86 valence electrons. The van der Waals surface area contributed by atoms with Gasteiger partial charge in [0.25, 0.3) is 5.91 Å². The zero-order valence-electron chi connectivity index (χ0n) is 8.65. The number of esters is 1. The topological polar surface area (TPSA) is 90.5 Å². The third kappa shape index (κ3) is 3.97. The molecule has 0 fully saturated rings. The van der Waals surface area contributed by atoms with Crippen molar-refractivity contribution in [2.24, 2.45) is 0 Å². The third-order valence-electron chi connectivity index (χ3n) is 1.67. The molecule has 0 aromatic heterocycles. The zero-order valence-corrected chi connectivity index (χ0v) is 8.65. The summed E-state index contributed by atoms with van der Waals surface area (Å²) in [6, 6.07) is 6.27. The zero-order chi connectivity index (χ0) is 12.0. The number of hydrogen-bond acceptors (Lipinski definition) is 5. The van der Waals surface area contributed by atoms with E-state index in [0.29, 0.717) is 11.4 Å². The van der Waals surface area contributed by atoms with Gasteiger partial charge in [-0.3, -0.25) is 9.59 Å². The van der Waals surface area contributed by atoms with E-state index >= 15 is 0 Å². The molecule has 0 heterocycles. The molecule has 6 heteroatoms. The lowest BCUT2D eigenvalue weighted by molar-refractivity contribution is -0.144. The molecule has 0 saturated heterocycles. The Morgan fingerprint density at radius 3 is 2.69 bits per heavy atom. The predicted molar refractivity (Wildman–Crippen MR) is 58.7 cm³/mol. The maximum Gasteiger partial charge on any atom is 0.303 e. The Morgan fingerprint density at radius 1 is 1.38 bits per heavy atom. The number of hydrogen-bond donors (Lipinski definition) is 2. The van der Waals surface area contributed by atoms with Crippen LogP contribution in [0.25, 0.3) is 0 Å². The van der Waals surface area contributed by atoms with Gasteiger partial charge in [-0.2, -0.15) is 0 Å². The number of benzene rings is 1. The van der Waals surface area contributed by atoms with Gasteiger partial charge >= 0.3 is 5.97 Å². The van der Waals surface area contributed by atoms with Crippen molar-refractivity contribution >= 4 is 23.3 Å². The van der Waals surface area contributed by atoms with Gasteiger partial charge in [-0.15, -0.1) is 0 Å². The van der Waals surface area contributed by atoms with Crippen LogP contribution in [0.4, 0.5) is 11.4 Å². The smallest absolute Gasteiger partial charge is 0.303 e. The van der Waals surface area contributed by atoms with Gasteiger partial charge in [-0.1, -0.05) is 6.07 Å². The van der Waals surface area contributed by atoms with Crippen molar-refractivity contribution in [2.45, 2.75) is 6.92 Å². The fourth-order valence-electron chi connectivity index (χ4n) is 1.02. The summed E-state index contributed by atoms with van der Waals surface area (Å²) in [7, 11) is 0. The van der Waals surface area contributed by atoms with Crippen molar-refractivity contribution in [3.63, 3.8) is 0 Å². The van der Waals surface area contributed by atoms with Crippen LogP contribution >= 0.6 is 0 Å². The lowest BCUT2D eigenvalue weighted by Gasteiger charge is -2.11. The summed E-state index contributed by atoms with van der Waals surface area (Å²) in [6.07, 6.45) is 0. The molecule has 0 aliphatic heterocycles. The fraction of sp³-hybridized carbons (Fsp3) is 0.200. The molecular weight excluding hydrogens is 212 g/mol. The number of rotatable bonds is 4. The monoisotopic (exact) mass is 223 g/mol. The average Bonchev–Trinajstić information content (AvgIpc) is 2.26. The Balaban J connectivity index is 2.52. The Hall–Kier alpha value is -2.08. The molecule has 0 spiro atoms. The maximum absolute atomic E-state index is 11.2. The van der Waals surface area contributed by atoms with Crippen molar-refractivity contribution in [2.75, 3.05) is 17.4 Å². The highest BCUT2D eigenvalue weighted by Crippen LogP contribution is 2.14. The van der Waals surface area contributed by atoms with Crippen LogP contribution < -0.4 is 10.8 Å². The number of carbonyl (C=O) groups is 2. The molecule has 1 aromatic carbocycles. The molecule has 1 rings (SSSR count). The molecule has 0 aliphatic carbocycles. The van der Waals surface area contributed by atoms with Crippen LogP contribution in [0, 0.1) is 5.21 Å². The van der Waals surface area contributed by atoms with Crippen LogP contribution in [0.15, 0.2) is 24.3 Å². The van der Waals surface area contributed by atoms with E-state index in [1.807, 2.05) is 0 Å². The largest absolute Gasteiger partial charge is 0.761 e. The minimum atomic E-state index is -0.523. The lowest BCUT2D eigenvalue weighted by atomic mass is 10.3. The minimum absolute atomic E-state index is 0.338. The molecule has 6 nitrogen and oxygen atoms in total. The van der Waals surface area contributed by atoms with Crippen molar-refractivity contribution in [1.29, 1.82) is 0 Å². The first-order valence-corrected chi connectivity index (χ1v) is 4.53. The van der Waals surface area contributed by atoms with Crippen LogP contribution in [-0.2, 0) is 14.3 Å². The third-order valence-corrected chi connectivity index (χ3v) is 1.67. The molecule has 1 amide bonds. The quantitative estimate of drug-likeness (QED) is 0.589. The molecule has 2 N–H and O–H groups in total. The average molecular weight is 223 g/mol. The van der Waals surface area contributed by atoms with Crippen LogP contribution in [0.1, 0.15) is 6.92 Å². The Bertz CT molecular complexity index is 392. The number of carbonyl (C=O) groups excluding carboxylic acids is 2. The summed E-state index contributed by atoms with van der Waals surface area (Å²) < 4.78 is 4.50. The molecule has 0 bridgehead atoms. The van der Waals surface area contributed by atoms with E-state index in [2.05, 4.69) is 10.1 Å². The fourth-order valence-corrected chi connectivity index (χ4v) is 1.02. The highest BCUT2D eigenvalue weighted by atomic mass is 16.5. The number of anilines is 2. The molecule has 0 unspecified atom stereocenters. The van der Waals surface area contributed by atoms with Gasteiger partial charge in [0.2, 0.25) is 0 Å². The number of ether oxygens (including phenoxy) is 1. The molecular formula is C10H11N2O4-. The molecule has 0 aliphatic rings. The van der Waals surface area contributed by atoms with Crippen LogP contribution in [-0.4, -0.2) is 18.5 Å². The second-order valence-corrected chi connectivity index (χ2v) is 3.01. The van der Waals surface area contributed by atoms with E-state index in [1.54, 1.807) is 23.7 Å². The highest BCUT2D eigenvalue weighted by Gasteiger charge is 2.04. The first kappa shape index (κ1) is 12.0. The minimum Gasteiger partial charge on any atom is -0.761 e. The summed E-state index contributed by atoms with van der Waals surface area (Å²) in [5, 5.41) is 12.8.